The predicted molar refractivity (Wildman–Crippen MR) is 92.3 cm³/mol. The van der Waals surface area contributed by atoms with Gasteiger partial charge >= 0.3 is 0 Å². The first-order valence-electron chi connectivity index (χ1n) is 6.86. The van der Waals surface area contributed by atoms with Crippen LogP contribution in [0.15, 0.2) is 36.9 Å². The highest BCUT2D eigenvalue weighted by atomic mass is 35.5. The zero-order chi connectivity index (χ0) is 13.9. The van der Waals surface area contributed by atoms with Crippen LogP contribution < -0.4 is 10.6 Å². The van der Waals surface area contributed by atoms with Crippen molar-refractivity contribution in [3.05, 3.63) is 48.0 Å². The lowest BCUT2D eigenvalue weighted by molar-refractivity contribution is 0.0936. The molecule has 120 valence electrons. The van der Waals surface area contributed by atoms with Gasteiger partial charge in [-0.3, -0.25) is 4.79 Å². The maximum atomic E-state index is 12.2. The highest BCUT2D eigenvalue weighted by molar-refractivity contribution is 5.95. The van der Waals surface area contributed by atoms with Crippen molar-refractivity contribution in [2.45, 2.75) is 25.9 Å². The number of amides is 1. The topological polar surface area (TPSA) is 59.0 Å². The quantitative estimate of drug-likeness (QED) is 0.897. The van der Waals surface area contributed by atoms with Crippen molar-refractivity contribution in [2.24, 2.45) is 0 Å². The molecule has 2 heterocycles. The highest BCUT2D eigenvalue weighted by Crippen LogP contribution is 2.22. The zero-order valence-corrected chi connectivity index (χ0v) is 13.9. The minimum absolute atomic E-state index is 0. The molecule has 2 N–H and O–H groups in total. The van der Waals surface area contributed by atoms with E-state index in [0.29, 0.717) is 0 Å². The number of nitrogens with zero attached hydrogens (tertiary/aromatic N) is 2. The van der Waals surface area contributed by atoms with Gasteiger partial charge in [-0.25, -0.2) is 4.98 Å². The molecule has 5 nitrogen and oxygen atoms in total. The number of carbonyl (C=O) groups excluding carboxylic acids is 1. The van der Waals surface area contributed by atoms with Gasteiger partial charge in [-0.2, -0.15) is 0 Å². The van der Waals surface area contributed by atoms with E-state index in [-0.39, 0.29) is 36.8 Å². The van der Waals surface area contributed by atoms with Gasteiger partial charge in [-0.1, -0.05) is 0 Å². The SMILES string of the molecule is CC(Cn1ccnc1)NC(=O)c1ccc2c(c1)CCN2.Cl.Cl. The monoisotopic (exact) mass is 342 g/mol. The molecule has 0 bridgehead atoms. The molecule has 0 spiro atoms. The van der Waals surface area contributed by atoms with Crippen LogP contribution in [0.5, 0.6) is 0 Å². The van der Waals surface area contributed by atoms with E-state index < -0.39 is 0 Å². The Balaban J connectivity index is 0.00000121. The first-order chi connectivity index (χ1) is 9.72. The molecule has 1 aromatic heterocycles. The molecule has 1 amide bonds. The van der Waals surface area contributed by atoms with E-state index >= 15 is 0 Å². The van der Waals surface area contributed by atoms with Gasteiger partial charge in [0.05, 0.1) is 6.33 Å². The molecule has 1 aliphatic rings. The normalized spacial score (nSPS) is 13.1. The van der Waals surface area contributed by atoms with Crippen molar-refractivity contribution < 1.29 is 4.79 Å². The van der Waals surface area contributed by atoms with Crippen molar-refractivity contribution in [1.29, 1.82) is 0 Å². The number of aromatic nitrogens is 2. The fraction of sp³-hybridized carbons (Fsp3) is 0.333. The van der Waals surface area contributed by atoms with Gasteiger partial charge in [0, 0.05) is 42.8 Å². The summed E-state index contributed by atoms with van der Waals surface area (Å²) in [5, 5.41) is 6.31. The molecule has 0 aliphatic carbocycles. The lowest BCUT2D eigenvalue weighted by atomic mass is 10.1. The molecule has 2 aromatic rings. The van der Waals surface area contributed by atoms with Crippen LogP contribution in [0, 0.1) is 0 Å². The van der Waals surface area contributed by atoms with Gasteiger partial charge in [0.15, 0.2) is 0 Å². The van der Waals surface area contributed by atoms with Crippen LogP contribution in [0.1, 0.15) is 22.8 Å². The summed E-state index contributed by atoms with van der Waals surface area (Å²) in [5.74, 6) is -0.0210. The third-order valence-electron chi connectivity index (χ3n) is 3.50. The second-order valence-corrected chi connectivity index (χ2v) is 5.18. The van der Waals surface area contributed by atoms with E-state index in [1.54, 1.807) is 12.5 Å². The van der Waals surface area contributed by atoms with Crippen molar-refractivity contribution in [1.82, 2.24) is 14.9 Å². The summed E-state index contributed by atoms with van der Waals surface area (Å²) < 4.78 is 1.96. The average molecular weight is 343 g/mol. The van der Waals surface area contributed by atoms with Crippen molar-refractivity contribution in [3.63, 3.8) is 0 Å². The molecule has 3 rings (SSSR count). The summed E-state index contributed by atoms with van der Waals surface area (Å²) in [6.45, 7) is 3.67. The molecule has 1 atom stereocenters. The van der Waals surface area contributed by atoms with Gasteiger partial charge in [0.1, 0.15) is 0 Å². The minimum atomic E-state index is -0.0210. The number of nitrogens with one attached hydrogen (secondary N) is 2. The van der Waals surface area contributed by atoms with Crippen LogP contribution in [-0.4, -0.2) is 28.0 Å². The smallest absolute Gasteiger partial charge is 0.251 e. The van der Waals surface area contributed by atoms with Gasteiger partial charge < -0.3 is 15.2 Å². The summed E-state index contributed by atoms with van der Waals surface area (Å²) in [6, 6.07) is 5.89. The number of imidazole rings is 1. The van der Waals surface area contributed by atoms with E-state index in [4.69, 9.17) is 0 Å². The van der Waals surface area contributed by atoms with Crippen LogP contribution in [0.25, 0.3) is 0 Å². The summed E-state index contributed by atoms with van der Waals surface area (Å²) in [6.07, 6.45) is 6.37. The Kier molecular flexibility index (Phi) is 6.71. The lowest BCUT2D eigenvalue weighted by Gasteiger charge is -2.14. The van der Waals surface area contributed by atoms with E-state index in [9.17, 15) is 4.79 Å². The number of fused-ring (bicyclic) bond motifs is 1. The van der Waals surface area contributed by atoms with Crippen LogP contribution >= 0.6 is 24.8 Å². The molecule has 1 unspecified atom stereocenters. The minimum Gasteiger partial charge on any atom is -0.384 e. The molecule has 22 heavy (non-hydrogen) atoms. The van der Waals surface area contributed by atoms with E-state index in [0.717, 1.165) is 30.8 Å². The summed E-state index contributed by atoms with van der Waals surface area (Å²) >= 11 is 0. The Bertz CT molecular complexity index is 616. The largest absolute Gasteiger partial charge is 0.384 e. The molecule has 0 fully saturated rings. The van der Waals surface area contributed by atoms with Crippen LogP contribution in [0.3, 0.4) is 0 Å². The molecule has 1 aromatic carbocycles. The van der Waals surface area contributed by atoms with Crippen molar-refractivity contribution in [2.75, 3.05) is 11.9 Å². The number of carbonyl (C=O) groups is 1. The van der Waals surface area contributed by atoms with Gasteiger partial charge in [0.2, 0.25) is 0 Å². The lowest BCUT2D eigenvalue weighted by Crippen LogP contribution is -2.35. The summed E-state index contributed by atoms with van der Waals surface area (Å²) in [5.41, 5.74) is 3.10. The molecule has 0 saturated carbocycles. The highest BCUT2D eigenvalue weighted by Gasteiger charge is 2.14. The third kappa shape index (κ3) is 4.15. The van der Waals surface area contributed by atoms with Gasteiger partial charge in [-0.05, 0) is 37.1 Å². The van der Waals surface area contributed by atoms with Gasteiger partial charge in [0.25, 0.3) is 5.91 Å². The number of anilines is 1. The van der Waals surface area contributed by atoms with Crippen LogP contribution in [-0.2, 0) is 13.0 Å². The zero-order valence-electron chi connectivity index (χ0n) is 12.3. The number of rotatable bonds is 4. The fourth-order valence-electron chi connectivity index (χ4n) is 2.51. The standard InChI is InChI=1S/C15H18N4O.2ClH/c1-11(9-19-7-6-16-10-19)18-15(20)13-2-3-14-12(8-13)4-5-17-14;;/h2-3,6-8,10-11,17H,4-5,9H2,1H3,(H,18,20);2*1H. The molecule has 0 radical (unpaired) electrons. The van der Waals surface area contributed by atoms with Crippen LogP contribution in [0.2, 0.25) is 0 Å². The molecular weight excluding hydrogens is 323 g/mol. The fourth-order valence-corrected chi connectivity index (χ4v) is 2.51. The Morgan fingerprint density at radius 3 is 3.00 bits per heavy atom. The molecule has 1 aliphatic heterocycles. The Morgan fingerprint density at radius 1 is 1.45 bits per heavy atom. The maximum absolute atomic E-state index is 12.2. The molecular formula is C15H20Cl2N4O. The first kappa shape index (κ1) is 18.3. The number of halogens is 2. The van der Waals surface area contributed by atoms with Crippen molar-refractivity contribution >= 4 is 36.4 Å². The Morgan fingerprint density at radius 2 is 2.27 bits per heavy atom. The van der Waals surface area contributed by atoms with Crippen molar-refractivity contribution in [3.8, 4) is 0 Å². The summed E-state index contributed by atoms with van der Waals surface area (Å²) in [4.78, 5) is 16.2. The number of hydrogen-bond donors (Lipinski definition) is 2. The summed E-state index contributed by atoms with van der Waals surface area (Å²) in [7, 11) is 0. The van der Waals surface area contributed by atoms with E-state index in [1.165, 1.54) is 5.56 Å². The first-order valence-corrected chi connectivity index (χ1v) is 6.86. The Labute approximate surface area is 142 Å². The second-order valence-electron chi connectivity index (χ2n) is 5.18. The second kappa shape index (κ2) is 8.06. The molecule has 7 heteroatoms. The van der Waals surface area contributed by atoms with Gasteiger partial charge in [-0.15, -0.1) is 24.8 Å². The third-order valence-corrected chi connectivity index (χ3v) is 3.50. The van der Waals surface area contributed by atoms with Crippen LogP contribution in [0.4, 0.5) is 5.69 Å². The Hall–Kier alpha value is -1.72. The van der Waals surface area contributed by atoms with E-state index in [1.807, 2.05) is 35.9 Å². The number of benzene rings is 1. The number of hydrogen-bond acceptors (Lipinski definition) is 3. The molecule has 0 saturated heterocycles. The predicted octanol–water partition coefficient (Wildman–Crippen LogP) is 2.51. The van der Waals surface area contributed by atoms with E-state index in [2.05, 4.69) is 15.6 Å². The average Bonchev–Trinajstić information content (AvgIpc) is 3.07. The maximum Gasteiger partial charge on any atom is 0.251 e.